The molecule has 0 saturated carbocycles. The number of nitrogens with one attached hydrogen (secondary N) is 1. The molecule has 0 aliphatic carbocycles. The zero-order valence-electron chi connectivity index (χ0n) is 17.9. The molecule has 10 heteroatoms. The first-order chi connectivity index (χ1) is 16.0. The van der Waals surface area contributed by atoms with Crippen LogP contribution in [0.2, 0.25) is 0 Å². The SMILES string of the molecule is COc1ccc(-c2ccnn2CCOC(=O)Nc2ccc(F)c(F)c2)cc1OC1CCOC1. The monoisotopic (exact) mass is 459 g/mol. The van der Waals surface area contributed by atoms with Gasteiger partial charge in [-0.15, -0.1) is 0 Å². The molecule has 1 aliphatic rings. The molecule has 1 N–H and O–H groups in total. The number of carbonyl (C=O) groups is 1. The van der Waals surface area contributed by atoms with E-state index in [0.717, 1.165) is 29.8 Å². The van der Waals surface area contributed by atoms with Gasteiger partial charge >= 0.3 is 6.09 Å². The smallest absolute Gasteiger partial charge is 0.411 e. The van der Waals surface area contributed by atoms with Crippen molar-refractivity contribution in [1.29, 1.82) is 0 Å². The van der Waals surface area contributed by atoms with Crippen LogP contribution in [0.3, 0.4) is 0 Å². The summed E-state index contributed by atoms with van der Waals surface area (Å²) in [5.74, 6) is -0.824. The second-order valence-corrected chi connectivity index (χ2v) is 7.30. The van der Waals surface area contributed by atoms with Crippen LogP contribution in [-0.4, -0.2) is 48.9 Å². The van der Waals surface area contributed by atoms with Crippen LogP contribution >= 0.6 is 0 Å². The van der Waals surface area contributed by atoms with Crippen molar-refractivity contribution in [3.05, 3.63) is 60.3 Å². The lowest BCUT2D eigenvalue weighted by Gasteiger charge is -2.16. The van der Waals surface area contributed by atoms with Crippen LogP contribution in [0.25, 0.3) is 11.3 Å². The molecule has 1 unspecified atom stereocenters. The van der Waals surface area contributed by atoms with Gasteiger partial charge in [-0.05, 0) is 36.4 Å². The lowest BCUT2D eigenvalue weighted by Crippen LogP contribution is -2.18. The predicted molar refractivity (Wildman–Crippen MR) is 115 cm³/mol. The largest absolute Gasteiger partial charge is 0.493 e. The minimum Gasteiger partial charge on any atom is -0.493 e. The lowest BCUT2D eigenvalue weighted by atomic mass is 10.1. The van der Waals surface area contributed by atoms with Crippen molar-refractivity contribution in [3.63, 3.8) is 0 Å². The Kier molecular flexibility index (Phi) is 7.04. The number of hydrogen-bond acceptors (Lipinski definition) is 6. The van der Waals surface area contributed by atoms with Crippen LogP contribution < -0.4 is 14.8 Å². The van der Waals surface area contributed by atoms with Gasteiger partial charge in [-0.3, -0.25) is 10.00 Å². The van der Waals surface area contributed by atoms with Crippen molar-refractivity contribution >= 4 is 11.8 Å². The summed E-state index contributed by atoms with van der Waals surface area (Å²) in [5, 5.41) is 6.64. The van der Waals surface area contributed by atoms with Crippen molar-refractivity contribution in [2.45, 2.75) is 19.1 Å². The first-order valence-electron chi connectivity index (χ1n) is 10.4. The van der Waals surface area contributed by atoms with Crippen LogP contribution in [0.5, 0.6) is 11.5 Å². The first kappa shape index (κ1) is 22.5. The van der Waals surface area contributed by atoms with Gasteiger partial charge < -0.3 is 18.9 Å². The molecule has 0 spiro atoms. The minimum absolute atomic E-state index is 0.0170. The summed E-state index contributed by atoms with van der Waals surface area (Å²) in [6.07, 6.45) is 1.65. The van der Waals surface area contributed by atoms with Crippen molar-refractivity contribution in [3.8, 4) is 22.8 Å². The highest BCUT2D eigenvalue weighted by Crippen LogP contribution is 2.34. The van der Waals surface area contributed by atoms with E-state index >= 15 is 0 Å². The van der Waals surface area contributed by atoms with Gasteiger partial charge in [0.05, 0.1) is 32.6 Å². The van der Waals surface area contributed by atoms with Gasteiger partial charge in [-0.25, -0.2) is 13.6 Å². The Morgan fingerprint density at radius 1 is 1.18 bits per heavy atom. The van der Waals surface area contributed by atoms with Gasteiger partial charge in [0.25, 0.3) is 0 Å². The highest BCUT2D eigenvalue weighted by Gasteiger charge is 2.20. The quantitative estimate of drug-likeness (QED) is 0.542. The van der Waals surface area contributed by atoms with Crippen molar-refractivity contribution in [1.82, 2.24) is 9.78 Å². The summed E-state index contributed by atoms with van der Waals surface area (Å²) in [6, 6.07) is 10.5. The van der Waals surface area contributed by atoms with E-state index in [1.165, 1.54) is 6.07 Å². The Bertz CT molecular complexity index is 1120. The molecule has 4 rings (SSSR count). The second-order valence-electron chi connectivity index (χ2n) is 7.30. The highest BCUT2D eigenvalue weighted by atomic mass is 19.2. The molecule has 0 bridgehead atoms. The molecule has 1 aromatic heterocycles. The van der Waals surface area contributed by atoms with Gasteiger partial charge in [-0.2, -0.15) is 5.10 Å². The summed E-state index contributed by atoms with van der Waals surface area (Å²) < 4.78 is 49.9. The normalized spacial score (nSPS) is 15.3. The van der Waals surface area contributed by atoms with Gasteiger partial charge in [-0.1, -0.05) is 0 Å². The van der Waals surface area contributed by atoms with Crippen molar-refractivity contribution in [2.75, 3.05) is 32.2 Å². The maximum atomic E-state index is 13.3. The Morgan fingerprint density at radius 3 is 2.82 bits per heavy atom. The van der Waals surface area contributed by atoms with Gasteiger partial charge in [0, 0.05) is 29.9 Å². The molecule has 33 heavy (non-hydrogen) atoms. The summed E-state index contributed by atoms with van der Waals surface area (Å²) >= 11 is 0. The standard InChI is InChI=1S/C23H23F2N3O5/c1-30-21-5-2-15(12-22(21)33-17-7-10-31-14-17)20-6-8-26-28(20)9-11-32-23(29)27-16-3-4-18(24)19(25)13-16/h2-6,8,12-13,17H,7,9-11,14H2,1H3,(H,27,29). The van der Waals surface area contributed by atoms with Gasteiger partial charge in [0.2, 0.25) is 0 Å². The third kappa shape index (κ3) is 5.58. The number of nitrogens with zero attached hydrogens (tertiary/aromatic N) is 2. The minimum atomic E-state index is -1.06. The van der Waals surface area contributed by atoms with E-state index in [0.29, 0.717) is 24.7 Å². The molecule has 8 nitrogen and oxygen atoms in total. The van der Waals surface area contributed by atoms with E-state index in [-0.39, 0.29) is 24.9 Å². The summed E-state index contributed by atoms with van der Waals surface area (Å²) in [5.41, 5.74) is 1.75. The van der Waals surface area contributed by atoms with Gasteiger partial charge in [0.15, 0.2) is 23.1 Å². The fraction of sp³-hybridized carbons (Fsp3) is 0.304. The Labute approximate surface area is 189 Å². The van der Waals surface area contributed by atoms with Crippen LogP contribution in [0.1, 0.15) is 6.42 Å². The number of rotatable bonds is 8. The van der Waals surface area contributed by atoms with Crippen LogP contribution in [0, 0.1) is 11.6 Å². The van der Waals surface area contributed by atoms with E-state index in [9.17, 15) is 13.6 Å². The van der Waals surface area contributed by atoms with Crippen molar-refractivity contribution in [2.24, 2.45) is 0 Å². The third-order valence-corrected chi connectivity index (χ3v) is 5.06. The molecule has 2 heterocycles. The molecule has 1 saturated heterocycles. The van der Waals surface area contributed by atoms with Gasteiger partial charge in [0.1, 0.15) is 12.7 Å². The average Bonchev–Trinajstić information content (AvgIpc) is 3.48. The van der Waals surface area contributed by atoms with Crippen LogP contribution in [-0.2, 0) is 16.0 Å². The Hall–Kier alpha value is -3.66. The number of carbonyl (C=O) groups excluding carboxylic acids is 1. The highest BCUT2D eigenvalue weighted by molar-refractivity contribution is 5.84. The molecular formula is C23H23F2N3O5. The second kappa shape index (κ2) is 10.3. The molecule has 2 aromatic carbocycles. The summed E-state index contributed by atoms with van der Waals surface area (Å²) in [7, 11) is 1.58. The van der Waals surface area contributed by atoms with Crippen LogP contribution in [0.4, 0.5) is 19.3 Å². The molecule has 174 valence electrons. The maximum absolute atomic E-state index is 13.3. The zero-order valence-corrected chi connectivity index (χ0v) is 17.9. The molecule has 0 radical (unpaired) electrons. The fourth-order valence-corrected chi connectivity index (χ4v) is 3.42. The predicted octanol–water partition coefficient (Wildman–Crippen LogP) is 4.25. The van der Waals surface area contributed by atoms with E-state index in [2.05, 4.69) is 10.4 Å². The molecular weight excluding hydrogens is 436 g/mol. The number of anilines is 1. The van der Waals surface area contributed by atoms with E-state index in [4.69, 9.17) is 18.9 Å². The van der Waals surface area contributed by atoms with E-state index in [1.54, 1.807) is 18.0 Å². The number of halogens is 2. The van der Waals surface area contributed by atoms with Crippen molar-refractivity contribution < 1.29 is 32.5 Å². The maximum Gasteiger partial charge on any atom is 0.411 e. The molecule has 1 atom stereocenters. The van der Waals surface area contributed by atoms with E-state index < -0.39 is 17.7 Å². The fourth-order valence-electron chi connectivity index (χ4n) is 3.42. The first-order valence-corrected chi connectivity index (χ1v) is 10.4. The zero-order chi connectivity index (χ0) is 23.2. The molecule has 1 aliphatic heterocycles. The number of hydrogen-bond donors (Lipinski definition) is 1. The Morgan fingerprint density at radius 2 is 2.06 bits per heavy atom. The average molecular weight is 459 g/mol. The molecule has 3 aromatic rings. The molecule has 1 fully saturated rings. The van der Waals surface area contributed by atoms with Crippen LogP contribution in [0.15, 0.2) is 48.7 Å². The number of benzene rings is 2. The van der Waals surface area contributed by atoms with E-state index in [1.807, 2.05) is 24.3 Å². The summed E-state index contributed by atoms with van der Waals surface area (Å²) in [6.45, 7) is 1.51. The number of ether oxygens (including phenoxy) is 4. The number of methoxy groups -OCH3 is 1. The third-order valence-electron chi connectivity index (χ3n) is 5.06. The summed E-state index contributed by atoms with van der Waals surface area (Å²) in [4.78, 5) is 12.0. The number of amides is 1. The number of aromatic nitrogens is 2. The lowest BCUT2D eigenvalue weighted by molar-refractivity contribution is 0.138. The molecule has 1 amide bonds. The Balaban J connectivity index is 1.38. The topological polar surface area (TPSA) is 83.8 Å².